The number of nitrogens with zero attached hydrogens (tertiary/aromatic N) is 1. The summed E-state index contributed by atoms with van der Waals surface area (Å²) in [5, 5.41) is 0. The first kappa shape index (κ1) is 15.1. The van der Waals surface area contributed by atoms with E-state index in [-0.39, 0.29) is 0 Å². The predicted octanol–water partition coefficient (Wildman–Crippen LogP) is 4.45. The number of hydrogen-bond donors (Lipinski definition) is 0. The highest BCUT2D eigenvalue weighted by Crippen LogP contribution is 2.39. The molecule has 0 unspecified atom stereocenters. The van der Waals surface area contributed by atoms with E-state index in [9.17, 15) is 0 Å². The average Bonchev–Trinajstić information content (AvgIpc) is 2.96. The van der Waals surface area contributed by atoms with Crippen molar-refractivity contribution in [3.8, 4) is 5.75 Å². The van der Waals surface area contributed by atoms with Crippen molar-refractivity contribution in [2.24, 2.45) is 0 Å². The number of hydrogen-bond acceptors (Lipinski definition) is 2. The molecule has 2 heteroatoms. The molecule has 2 nitrogen and oxygen atoms in total. The molecule has 0 heterocycles. The van der Waals surface area contributed by atoms with Crippen LogP contribution in [0.3, 0.4) is 0 Å². The highest BCUT2D eigenvalue weighted by Gasteiger charge is 2.19. The van der Waals surface area contributed by atoms with Crippen LogP contribution in [0.5, 0.6) is 5.75 Å². The van der Waals surface area contributed by atoms with Gasteiger partial charge in [-0.05, 0) is 74.2 Å². The summed E-state index contributed by atoms with van der Waals surface area (Å²) < 4.78 is 5.91. The van der Waals surface area contributed by atoms with E-state index in [4.69, 9.17) is 4.74 Å². The Labute approximate surface area is 133 Å². The van der Waals surface area contributed by atoms with E-state index in [0.29, 0.717) is 0 Å². The van der Waals surface area contributed by atoms with E-state index in [0.717, 1.165) is 38.2 Å². The van der Waals surface area contributed by atoms with Crippen molar-refractivity contribution < 1.29 is 4.74 Å². The van der Waals surface area contributed by atoms with Crippen molar-refractivity contribution in [2.75, 3.05) is 27.2 Å². The Hall–Kier alpha value is -1.80. The van der Waals surface area contributed by atoms with Crippen LogP contribution in [0, 0.1) is 0 Å². The third kappa shape index (κ3) is 3.50. The minimum Gasteiger partial charge on any atom is -0.494 e. The summed E-state index contributed by atoms with van der Waals surface area (Å²) in [5.41, 5.74) is 5.74. The molecule has 0 radical (unpaired) electrons. The van der Waals surface area contributed by atoms with Crippen LogP contribution in [-0.4, -0.2) is 32.1 Å². The topological polar surface area (TPSA) is 12.5 Å². The third-order valence-corrected chi connectivity index (χ3v) is 4.28. The fourth-order valence-corrected chi connectivity index (χ4v) is 3.16. The molecule has 0 atom stereocenters. The van der Waals surface area contributed by atoms with E-state index in [2.05, 4.69) is 61.5 Å². The van der Waals surface area contributed by atoms with E-state index in [1.165, 1.54) is 28.7 Å². The molecule has 0 aromatic heterocycles. The van der Waals surface area contributed by atoms with Gasteiger partial charge in [0.05, 0.1) is 6.61 Å². The van der Waals surface area contributed by atoms with Crippen LogP contribution < -0.4 is 4.74 Å². The number of benzene rings is 1. The largest absolute Gasteiger partial charge is 0.494 e. The lowest BCUT2D eigenvalue weighted by molar-refractivity contribution is 0.281. The second-order valence-corrected chi connectivity index (χ2v) is 6.30. The normalized spacial score (nSPS) is 17.0. The molecule has 2 aliphatic rings. The maximum Gasteiger partial charge on any atom is 0.119 e. The Bertz CT molecular complexity index is 622. The highest BCUT2D eigenvalue weighted by atomic mass is 16.5. The fourth-order valence-electron chi connectivity index (χ4n) is 3.16. The molecule has 116 valence electrons. The van der Waals surface area contributed by atoms with Crippen LogP contribution in [0.4, 0.5) is 0 Å². The number of rotatable bonds is 6. The Morgan fingerprint density at radius 3 is 3.00 bits per heavy atom. The molecule has 0 amide bonds. The van der Waals surface area contributed by atoms with Gasteiger partial charge in [-0.2, -0.15) is 0 Å². The molecule has 0 spiro atoms. The Balaban J connectivity index is 1.67. The minimum absolute atomic E-state index is 0.775. The first-order valence-electron chi connectivity index (χ1n) is 8.21. The Kier molecular flexibility index (Phi) is 4.79. The van der Waals surface area contributed by atoms with Gasteiger partial charge >= 0.3 is 0 Å². The van der Waals surface area contributed by atoms with E-state index in [1.54, 1.807) is 0 Å². The Morgan fingerprint density at radius 1 is 1.23 bits per heavy atom. The monoisotopic (exact) mass is 295 g/mol. The molecule has 3 rings (SSSR count). The predicted molar refractivity (Wildman–Crippen MR) is 93.1 cm³/mol. The molecule has 1 aromatic rings. The summed E-state index contributed by atoms with van der Waals surface area (Å²) in [4.78, 5) is 2.19. The van der Waals surface area contributed by atoms with E-state index >= 15 is 0 Å². The summed E-state index contributed by atoms with van der Waals surface area (Å²) in [7, 11) is 4.19. The lowest BCUT2D eigenvalue weighted by Crippen LogP contribution is -2.15. The molecule has 0 fully saturated rings. The van der Waals surface area contributed by atoms with Crippen molar-refractivity contribution in [3.63, 3.8) is 0 Å². The van der Waals surface area contributed by atoms with Crippen molar-refractivity contribution in [3.05, 3.63) is 59.2 Å². The first-order chi connectivity index (χ1) is 10.7. The molecule has 0 saturated carbocycles. The van der Waals surface area contributed by atoms with E-state index < -0.39 is 0 Å². The lowest BCUT2D eigenvalue weighted by Gasteiger charge is -2.14. The van der Waals surface area contributed by atoms with Gasteiger partial charge in [0.2, 0.25) is 0 Å². The molecule has 0 bridgehead atoms. The van der Waals surface area contributed by atoms with Crippen LogP contribution in [-0.2, 0) is 0 Å². The molecule has 0 N–H and O–H groups in total. The van der Waals surface area contributed by atoms with Gasteiger partial charge in [-0.1, -0.05) is 30.4 Å². The summed E-state index contributed by atoms with van der Waals surface area (Å²) in [6, 6.07) is 8.56. The summed E-state index contributed by atoms with van der Waals surface area (Å²) >= 11 is 0. The standard InChI is InChI=1S/C20H25NO/c1-21(2)13-6-14-22-18-9-5-8-17(15-18)20-12-11-16-7-3-4-10-19(16)20/h3,5,7-9,12,15H,4,6,10-11,13-14H2,1-2H3. The van der Waals surface area contributed by atoms with Crippen LogP contribution in [0.2, 0.25) is 0 Å². The summed E-state index contributed by atoms with van der Waals surface area (Å²) in [5.74, 6) is 0.984. The van der Waals surface area contributed by atoms with Gasteiger partial charge in [-0.15, -0.1) is 0 Å². The second-order valence-electron chi connectivity index (χ2n) is 6.30. The van der Waals surface area contributed by atoms with Crippen LogP contribution in [0.25, 0.3) is 5.57 Å². The average molecular weight is 295 g/mol. The smallest absolute Gasteiger partial charge is 0.119 e. The third-order valence-electron chi connectivity index (χ3n) is 4.28. The van der Waals surface area contributed by atoms with Gasteiger partial charge in [-0.3, -0.25) is 0 Å². The minimum atomic E-state index is 0.775. The van der Waals surface area contributed by atoms with Gasteiger partial charge < -0.3 is 9.64 Å². The van der Waals surface area contributed by atoms with Crippen molar-refractivity contribution in [1.29, 1.82) is 0 Å². The van der Waals surface area contributed by atoms with Gasteiger partial charge in [0.25, 0.3) is 0 Å². The summed E-state index contributed by atoms with van der Waals surface area (Å²) in [6.45, 7) is 1.84. The van der Waals surface area contributed by atoms with E-state index in [1.807, 2.05) is 0 Å². The second kappa shape index (κ2) is 6.97. The SMILES string of the molecule is CN(C)CCCOc1cccc(C2=CCC3=C2CCC=C3)c1. The van der Waals surface area contributed by atoms with Crippen LogP contribution in [0.1, 0.15) is 31.2 Å². The molecule has 0 saturated heterocycles. The molecular weight excluding hydrogens is 270 g/mol. The highest BCUT2D eigenvalue weighted by molar-refractivity contribution is 5.84. The van der Waals surface area contributed by atoms with Gasteiger partial charge in [-0.25, -0.2) is 0 Å². The maximum absolute atomic E-state index is 5.91. The molecule has 0 aliphatic heterocycles. The molecule has 22 heavy (non-hydrogen) atoms. The van der Waals surface area contributed by atoms with Crippen molar-refractivity contribution >= 4 is 5.57 Å². The maximum atomic E-state index is 5.91. The fraction of sp³-hybridized carbons (Fsp3) is 0.400. The molecule has 2 aliphatic carbocycles. The zero-order chi connectivity index (χ0) is 15.4. The number of allylic oxidation sites excluding steroid dienone is 6. The quantitative estimate of drug-likeness (QED) is 0.719. The van der Waals surface area contributed by atoms with Crippen molar-refractivity contribution in [1.82, 2.24) is 4.90 Å². The molecular formula is C20H25NO. The van der Waals surface area contributed by atoms with Crippen molar-refractivity contribution in [2.45, 2.75) is 25.7 Å². The lowest BCUT2D eigenvalue weighted by atomic mass is 9.92. The zero-order valence-electron chi connectivity index (χ0n) is 13.6. The molecule has 1 aromatic carbocycles. The van der Waals surface area contributed by atoms with Crippen LogP contribution in [0.15, 0.2) is 53.6 Å². The van der Waals surface area contributed by atoms with Gasteiger partial charge in [0, 0.05) is 6.54 Å². The van der Waals surface area contributed by atoms with Gasteiger partial charge in [0.15, 0.2) is 0 Å². The first-order valence-corrected chi connectivity index (χ1v) is 8.21. The number of ether oxygens (including phenoxy) is 1. The van der Waals surface area contributed by atoms with Crippen LogP contribution >= 0.6 is 0 Å². The van der Waals surface area contributed by atoms with Gasteiger partial charge in [0.1, 0.15) is 5.75 Å². The summed E-state index contributed by atoms with van der Waals surface area (Å²) in [6.07, 6.45) is 11.4. The Morgan fingerprint density at radius 2 is 2.14 bits per heavy atom. The zero-order valence-corrected chi connectivity index (χ0v) is 13.6.